The maximum absolute atomic E-state index is 5.53. The molecule has 0 rings (SSSR count). The van der Waals surface area contributed by atoms with Crippen molar-refractivity contribution in [2.75, 3.05) is 0 Å². The molecule has 7 heavy (non-hydrogen) atoms. The van der Waals surface area contributed by atoms with E-state index in [1.807, 2.05) is 13.8 Å². The van der Waals surface area contributed by atoms with Gasteiger partial charge in [0.05, 0.1) is 0 Å². The van der Waals surface area contributed by atoms with Gasteiger partial charge in [0.25, 0.3) is 0 Å². The molecule has 1 nitrogen and oxygen atoms in total. The van der Waals surface area contributed by atoms with Crippen LogP contribution in [0.15, 0.2) is 0 Å². The van der Waals surface area contributed by atoms with E-state index in [-0.39, 0.29) is 13.0 Å². The zero-order valence-corrected chi connectivity index (χ0v) is 4.78. The smallest absolute Gasteiger partial charge is 0.00944 e. The van der Waals surface area contributed by atoms with Gasteiger partial charge in [0.2, 0.25) is 0 Å². The Morgan fingerprint density at radius 3 is 1.57 bits per heavy atom. The van der Waals surface area contributed by atoms with E-state index in [1.165, 1.54) is 0 Å². The van der Waals surface area contributed by atoms with E-state index in [9.17, 15) is 0 Å². The first kappa shape index (κ1) is 10.0. The third-order valence-corrected chi connectivity index (χ3v) is 0.911. The molecule has 0 aliphatic heterocycles. The van der Waals surface area contributed by atoms with Crippen LogP contribution in [0, 0.1) is 0 Å². The third kappa shape index (κ3) is 10.7. The van der Waals surface area contributed by atoms with Crippen LogP contribution in [0.3, 0.4) is 0 Å². The summed E-state index contributed by atoms with van der Waals surface area (Å²) >= 11 is 0. The zero-order valence-electron chi connectivity index (χ0n) is 4.78. The predicted molar refractivity (Wildman–Crippen MR) is 35.3 cm³/mol. The molecule has 0 unspecified atom stereocenters. The molecule has 0 heterocycles. The van der Waals surface area contributed by atoms with Crippen LogP contribution in [0.4, 0.5) is 0 Å². The Balaban J connectivity index is 0. The lowest BCUT2D eigenvalue weighted by atomic mass is 10.1. The SMILES string of the molecule is C.CCC(C)(C)N. The van der Waals surface area contributed by atoms with Crippen LogP contribution in [0.2, 0.25) is 0 Å². The van der Waals surface area contributed by atoms with E-state index >= 15 is 0 Å². The second-order valence-corrected chi connectivity index (χ2v) is 2.34. The molecule has 0 spiro atoms. The lowest BCUT2D eigenvalue weighted by Gasteiger charge is -2.13. The maximum Gasteiger partial charge on any atom is 0.00944 e. The third-order valence-electron chi connectivity index (χ3n) is 0.911. The number of rotatable bonds is 1. The zero-order chi connectivity index (χ0) is 5.21. The van der Waals surface area contributed by atoms with Gasteiger partial charge in [-0.25, -0.2) is 0 Å². The summed E-state index contributed by atoms with van der Waals surface area (Å²) in [5, 5.41) is 0. The predicted octanol–water partition coefficient (Wildman–Crippen LogP) is 1.77. The van der Waals surface area contributed by atoms with E-state index in [4.69, 9.17) is 5.73 Å². The minimum atomic E-state index is 0. The van der Waals surface area contributed by atoms with Crippen molar-refractivity contribution >= 4 is 0 Å². The van der Waals surface area contributed by atoms with Crippen molar-refractivity contribution in [3.05, 3.63) is 0 Å². The van der Waals surface area contributed by atoms with Crippen LogP contribution in [0.5, 0.6) is 0 Å². The number of hydrogen-bond acceptors (Lipinski definition) is 1. The van der Waals surface area contributed by atoms with Gasteiger partial charge >= 0.3 is 0 Å². The van der Waals surface area contributed by atoms with E-state index in [0.717, 1.165) is 6.42 Å². The van der Waals surface area contributed by atoms with Gasteiger partial charge in [-0.3, -0.25) is 0 Å². The Hall–Kier alpha value is -0.0400. The standard InChI is InChI=1S/C5H13N.CH4/c1-4-5(2,3)6;/h4,6H2,1-3H3;1H4. The van der Waals surface area contributed by atoms with Crippen molar-refractivity contribution in [2.24, 2.45) is 5.73 Å². The molecule has 2 N–H and O–H groups in total. The molecule has 0 aromatic carbocycles. The molecule has 0 saturated carbocycles. The lowest BCUT2D eigenvalue weighted by Crippen LogP contribution is -2.30. The fourth-order valence-electron chi connectivity index (χ4n) is 0. The summed E-state index contributed by atoms with van der Waals surface area (Å²) in [6.07, 6.45) is 1.05. The lowest BCUT2D eigenvalue weighted by molar-refractivity contribution is 0.501. The summed E-state index contributed by atoms with van der Waals surface area (Å²) in [6.45, 7) is 6.12. The highest BCUT2D eigenvalue weighted by atomic mass is 14.7. The topological polar surface area (TPSA) is 26.0 Å². The van der Waals surface area contributed by atoms with Crippen LogP contribution in [0.1, 0.15) is 34.6 Å². The van der Waals surface area contributed by atoms with Gasteiger partial charge in [-0.05, 0) is 20.3 Å². The van der Waals surface area contributed by atoms with Crippen molar-refractivity contribution in [2.45, 2.75) is 40.2 Å². The van der Waals surface area contributed by atoms with Gasteiger partial charge in [0.1, 0.15) is 0 Å². The molecular formula is C6H17N. The van der Waals surface area contributed by atoms with Crippen LogP contribution >= 0.6 is 0 Å². The molecular weight excluding hydrogens is 86.1 g/mol. The Morgan fingerprint density at radius 1 is 1.43 bits per heavy atom. The molecule has 0 aromatic heterocycles. The van der Waals surface area contributed by atoms with Crippen molar-refractivity contribution in [1.82, 2.24) is 0 Å². The number of hydrogen-bond donors (Lipinski definition) is 1. The Kier molecular flexibility index (Phi) is 4.35. The highest BCUT2D eigenvalue weighted by molar-refractivity contribution is 4.66. The summed E-state index contributed by atoms with van der Waals surface area (Å²) in [5.74, 6) is 0. The largest absolute Gasteiger partial charge is 0.326 e. The summed E-state index contributed by atoms with van der Waals surface area (Å²) in [4.78, 5) is 0. The van der Waals surface area contributed by atoms with Gasteiger partial charge in [-0.15, -0.1) is 0 Å². The fraction of sp³-hybridized carbons (Fsp3) is 1.00. The van der Waals surface area contributed by atoms with Crippen LogP contribution in [-0.2, 0) is 0 Å². The van der Waals surface area contributed by atoms with Crippen molar-refractivity contribution in [3.63, 3.8) is 0 Å². The molecule has 0 fully saturated rings. The van der Waals surface area contributed by atoms with Gasteiger partial charge < -0.3 is 5.73 Å². The van der Waals surface area contributed by atoms with Gasteiger partial charge in [-0.1, -0.05) is 14.4 Å². The van der Waals surface area contributed by atoms with E-state index in [1.54, 1.807) is 0 Å². The van der Waals surface area contributed by atoms with Gasteiger partial charge in [-0.2, -0.15) is 0 Å². The van der Waals surface area contributed by atoms with Crippen molar-refractivity contribution in [1.29, 1.82) is 0 Å². The average Bonchev–Trinajstić information content (AvgIpc) is 1.35. The normalized spacial score (nSPS) is 10.3. The van der Waals surface area contributed by atoms with Crippen LogP contribution in [-0.4, -0.2) is 5.54 Å². The summed E-state index contributed by atoms with van der Waals surface area (Å²) < 4.78 is 0. The summed E-state index contributed by atoms with van der Waals surface area (Å²) in [5.41, 5.74) is 5.58. The molecule has 0 saturated heterocycles. The Bertz CT molecular complexity index is 33.9. The minimum Gasteiger partial charge on any atom is -0.326 e. The average molecular weight is 103 g/mol. The highest BCUT2D eigenvalue weighted by Crippen LogP contribution is 1.99. The first-order chi connectivity index (χ1) is 2.56. The second-order valence-electron chi connectivity index (χ2n) is 2.34. The molecule has 0 aliphatic carbocycles. The second kappa shape index (κ2) is 3.03. The van der Waals surface area contributed by atoms with Crippen molar-refractivity contribution < 1.29 is 0 Å². The molecule has 0 atom stereocenters. The molecule has 0 bridgehead atoms. The Morgan fingerprint density at radius 2 is 1.57 bits per heavy atom. The molecule has 1 heteroatoms. The van der Waals surface area contributed by atoms with Gasteiger partial charge in [0.15, 0.2) is 0 Å². The molecule has 0 aliphatic rings. The quantitative estimate of drug-likeness (QED) is 0.537. The molecule has 0 amide bonds. The van der Waals surface area contributed by atoms with E-state index in [2.05, 4.69) is 6.92 Å². The van der Waals surface area contributed by atoms with Crippen LogP contribution in [0.25, 0.3) is 0 Å². The molecule has 0 aromatic rings. The maximum atomic E-state index is 5.53. The monoisotopic (exact) mass is 103 g/mol. The summed E-state index contributed by atoms with van der Waals surface area (Å²) in [7, 11) is 0. The highest BCUT2D eigenvalue weighted by Gasteiger charge is 2.03. The van der Waals surface area contributed by atoms with Crippen LogP contribution < -0.4 is 5.73 Å². The molecule has 0 radical (unpaired) electrons. The summed E-state index contributed by atoms with van der Waals surface area (Å²) in [6, 6.07) is 0. The minimum absolute atomic E-state index is 0. The Labute approximate surface area is 46.9 Å². The number of nitrogens with two attached hydrogens (primary N) is 1. The van der Waals surface area contributed by atoms with E-state index in [0.29, 0.717) is 0 Å². The first-order valence-corrected chi connectivity index (χ1v) is 2.35. The van der Waals surface area contributed by atoms with Gasteiger partial charge in [0, 0.05) is 5.54 Å². The first-order valence-electron chi connectivity index (χ1n) is 2.35. The fourth-order valence-corrected chi connectivity index (χ4v) is 0. The van der Waals surface area contributed by atoms with E-state index < -0.39 is 0 Å². The molecule has 46 valence electrons. The van der Waals surface area contributed by atoms with Crippen molar-refractivity contribution in [3.8, 4) is 0 Å².